The Morgan fingerprint density at radius 1 is 1.32 bits per heavy atom. The molecular weight excluding hydrogens is 284 g/mol. The number of amides is 1. The van der Waals surface area contributed by atoms with Crippen molar-refractivity contribution in [2.75, 3.05) is 0 Å². The van der Waals surface area contributed by atoms with Crippen LogP contribution in [-0.2, 0) is 0 Å². The van der Waals surface area contributed by atoms with E-state index in [0.29, 0.717) is 16.8 Å². The van der Waals surface area contributed by atoms with Crippen molar-refractivity contribution in [2.24, 2.45) is 5.10 Å². The zero-order valence-electron chi connectivity index (χ0n) is 12.1. The molecule has 0 radical (unpaired) electrons. The Morgan fingerprint density at radius 2 is 2.09 bits per heavy atom. The fourth-order valence-corrected chi connectivity index (χ4v) is 1.84. The SMILES string of the molecule is CC(=NNC(=O)c1ccc([N+](=O)[O-])c(C)c1)c1cccnc1. The van der Waals surface area contributed by atoms with Gasteiger partial charge in [0, 0.05) is 35.2 Å². The summed E-state index contributed by atoms with van der Waals surface area (Å²) in [7, 11) is 0. The van der Waals surface area contributed by atoms with E-state index in [1.54, 1.807) is 32.3 Å². The highest BCUT2D eigenvalue weighted by Gasteiger charge is 2.13. The Bertz CT molecular complexity index is 742. The Morgan fingerprint density at radius 3 is 2.68 bits per heavy atom. The molecule has 7 nitrogen and oxygen atoms in total. The fraction of sp³-hybridized carbons (Fsp3) is 0.133. The van der Waals surface area contributed by atoms with Crippen LogP contribution in [0.4, 0.5) is 5.69 Å². The van der Waals surface area contributed by atoms with E-state index in [1.807, 2.05) is 6.07 Å². The second-order valence-corrected chi connectivity index (χ2v) is 4.64. The van der Waals surface area contributed by atoms with Crippen LogP contribution in [0, 0.1) is 17.0 Å². The molecule has 0 aliphatic carbocycles. The summed E-state index contributed by atoms with van der Waals surface area (Å²) in [5, 5.41) is 14.8. The van der Waals surface area contributed by atoms with Gasteiger partial charge in [0.25, 0.3) is 11.6 Å². The fourth-order valence-electron chi connectivity index (χ4n) is 1.84. The van der Waals surface area contributed by atoms with Gasteiger partial charge in [-0.3, -0.25) is 19.9 Å². The monoisotopic (exact) mass is 298 g/mol. The summed E-state index contributed by atoms with van der Waals surface area (Å²) >= 11 is 0. The number of nitro groups is 1. The lowest BCUT2D eigenvalue weighted by atomic mass is 10.1. The van der Waals surface area contributed by atoms with Crippen molar-refractivity contribution < 1.29 is 9.72 Å². The van der Waals surface area contributed by atoms with Gasteiger partial charge < -0.3 is 0 Å². The molecule has 2 rings (SSSR count). The first-order valence-electron chi connectivity index (χ1n) is 6.49. The van der Waals surface area contributed by atoms with Crippen molar-refractivity contribution in [1.29, 1.82) is 0 Å². The largest absolute Gasteiger partial charge is 0.272 e. The third-order valence-electron chi connectivity index (χ3n) is 3.06. The van der Waals surface area contributed by atoms with Gasteiger partial charge in [0.05, 0.1) is 10.6 Å². The summed E-state index contributed by atoms with van der Waals surface area (Å²) in [6, 6.07) is 7.77. The molecule has 1 amide bonds. The van der Waals surface area contributed by atoms with Gasteiger partial charge in [-0.1, -0.05) is 6.07 Å². The summed E-state index contributed by atoms with van der Waals surface area (Å²) in [5.74, 6) is -0.429. The maximum atomic E-state index is 12.0. The van der Waals surface area contributed by atoms with E-state index >= 15 is 0 Å². The second-order valence-electron chi connectivity index (χ2n) is 4.64. The maximum Gasteiger partial charge on any atom is 0.272 e. The lowest BCUT2D eigenvalue weighted by Gasteiger charge is -2.04. The molecule has 7 heteroatoms. The van der Waals surface area contributed by atoms with Crippen molar-refractivity contribution in [3.63, 3.8) is 0 Å². The smallest absolute Gasteiger partial charge is 0.267 e. The Labute approximate surface area is 126 Å². The molecule has 0 fully saturated rings. The summed E-state index contributed by atoms with van der Waals surface area (Å²) in [4.78, 5) is 26.2. The second kappa shape index (κ2) is 6.57. The van der Waals surface area contributed by atoms with Crippen LogP contribution < -0.4 is 5.43 Å². The number of nitrogens with one attached hydrogen (secondary N) is 1. The third-order valence-corrected chi connectivity index (χ3v) is 3.06. The molecule has 22 heavy (non-hydrogen) atoms. The van der Waals surface area contributed by atoms with Crippen molar-refractivity contribution in [2.45, 2.75) is 13.8 Å². The number of hydrogen-bond acceptors (Lipinski definition) is 5. The quantitative estimate of drug-likeness (QED) is 0.532. The number of carbonyl (C=O) groups is 1. The average Bonchev–Trinajstić information content (AvgIpc) is 2.52. The van der Waals surface area contributed by atoms with Gasteiger partial charge in [-0.25, -0.2) is 5.43 Å². The zero-order chi connectivity index (χ0) is 16.1. The first-order chi connectivity index (χ1) is 10.5. The standard InChI is InChI=1S/C15H14N4O3/c1-10-8-12(5-6-14(10)19(21)22)15(20)18-17-11(2)13-4-3-7-16-9-13/h3-9H,1-2H3,(H,18,20). The number of pyridine rings is 1. The first-order valence-corrected chi connectivity index (χ1v) is 6.49. The normalized spacial score (nSPS) is 11.1. The minimum absolute atomic E-state index is 0.0217. The van der Waals surface area contributed by atoms with Gasteiger partial charge in [0.15, 0.2) is 0 Å². The van der Waals surface area contributed by atoms with Crippen LogP contribution in [0.3, 0.4) is 0 Å². The van der Waals surface area contributed by atoms with E-state index in [-0.39, 0.29) is 5.69 Å². The Hall–Kier alpha value is -3.09. The van der Waals surface area contributed by atoms with Crippen LogP contribution in [0.1, 0.15) is 28.4 Å². The van der Waals surface area contributed by atoms with E-state index in [1.165, 1.54) is 18.2 Å². The number of nitrogens with zero attached hydrogens (tertiary/aromatic N) is 3. The Kier molecular flexibility index (Phi) is 4.57. The summed E-state index contributed by atoms with van der Waals surface area (Å²) in [5.41, 5.74) is 4.54. The Balaban J connectivity index is 2.13. The summed E-state index contributed by atoms with van der Waals surface area (Å²) < 4.78 is 0. The van der Waals surface area contributed by atoms with Crippen LogP contribution in [-0.4, -0.2) is 21.5 Å². The predicted octanol–water partition coefficient (Wildman–Crippen LogP) is 2.45. The van der Waals surface area contributed by atoms with Gasteiger partial charge in [-0.05, 0) is 32.0 Å². The average molecular weight is 298 g/mol. The lowest BCUT2D eigenvalue weighted by Crippen LogP contribution is -2.19. The molecular formula is C15H14N4O3. The molecule has 0 unspecified atom stereocenters. The molecule has 0 aliphatic rings. The molecule has 0 aliphatic heterocycles. The molecule has 1 N–H and O–H groups in total. The molecule has 1 aromatic heterocycles. The van der Waals surface area contributed by atoms with E-state index in [9.17, 15) is 14.9 Å². The minimum atomic E-state index is -0.484. The number of hydrogen-bond donors (Lipinski definition) is 1. The zero-order valence-corrected chi connectivity index (χ0v) is 12.1. The highest BCUT2D eigenvalue weighted by molar-refractivity contribution is 6.00. The summed E-state index contributed by atoms with van der Waals surface area (Å²) in [6.45, 7) is 3.33. The first kappa shape index (κ1) is 15.3. The number of hydrazone groups is 1. The van der Waals surface area contributed by atoms with Gasteiger partial charge in [-0.2, -0.15) is 5.10 Å². The molecule has 0 saturated carbocycles. The minimum Gasteiger partial charge on any atom is -0.267 e. The lowest BCUT2D eigenvalue weighted by molar-refractivity contribution is -0.385. The third kappa shape index (κ3) is 3.51. The van der Waals surface area contributed by atoms with Gasteiger partial charge in [-0.15, -0.1) is 0 Å². The van der Waals surface area contributed by atoms with Gasteiger partial charge in [0.2, 0.25) is 0 Å². The van der Waals surface area contributed by atoms with Crippen LogP contribution in [0.2, 0.25) is 0 Å². The van der Waals surface area contributed by atoms with Crippen LogP contribution in [0.5, 0.6) is 0 Å². The van der Waals surface area contributed by atoms with E-state index in [2.05, 4.69) is 15.5 Å². The van der Waals surface area contributed by atoms with E-state index in [4.69, 9.17) is 0 Å². The number of benzene rings is 1. The van der Waals surface area contributed by atoms with Crippen molar-refractivity contribution >= 4 is 17.3 Å². The van der Waals surface area contributed by atoms with Crippen molar-refractivity contribution in [3.8, 4) is 0 Å². The molecule has 0 bridgehead atoms. The van der Waals surface area contributed by atoms with Crippen LogP contribution in [0.25, 0.3) is 0 Å². The highest BCUT2D eigenvalue weighted by Crippen LogP contribution is 2.18. The topological polar surface area (TPSA) is 97.5 Å². The molecule has 1 heterocycles. The summed E-state index contributed by atoms with van der Waals surface area (Å²) in [6.07, 6.45) is 3.29. The van der Waals surface area contributed by atoms with Crippen LogP contribution >= 0.6 is 0 Å². The van der Waals surface area contributed by atoms with Gasteiger partial charge >= 0.3 is 0 Å². The van der Waals surface area contributed by atoms with E-state index < -0.39 is 10.8 Å². The molecule has 0 saturated heterocycles. The van der Waals surface area contributed by atoms with Crippen LogP contribution in [0.15, 0.2) is 47.8 Å². The number of aromatic nitrogens is 1. The number of rotatable bonds is 4. The predicted molar refractivity (Wildman–Crippen MR) is 81.7 cm³/mol. The molecule has 0 atom stereocenters. The number of nitro benzene ring substituents is 1. The number of carbonyl (C=O) groups excluding carboxylic acids is 1. The molecule has 0 spiro atoms. The van der Waals surface area contributed by atoms with E-state index in [0.717, 1.165) is 5.56 Å². The van der Waals surface area contributed by atoms with Gasteiger partial charge in [0.1, 0.15) is 0 Å². The van der Waals surface area contributed by atoms with Crippen molar-refractivity contribution in [3.05, 3.63) is 69.5 Å². The molecule has 112 valence electrons. The highest BCUT2D eigenvalue weighted by atomic mass is 16.6. The maximum absolute atomic E-state index is 12.0. The van der Waals surface area contributed by atoms with Crippen molar-refractivity contribution in [1.82, 2.24) is 10.4 Å². The molecule has 1 aromatic carbocycles. The number of aryl methyl sites for hydroxylation is 1. The molecule has 2 aromatic rings.